The molecule has 10 heteroatoms. The van der Waals surface area contributed by atoms with Crippen molar-refractivity contribution >= 4 is 33.2 Å². The predicted molar refractivity (Wildman–Crippen MR) is 96.0 cm³/mol. The van der Waals surface area contributed by atoms with Crippen LogP contribution < -0.4 is 0 Å². The molecule has 0 saturated carbocycles. The number of thioether (sulfide) groups is 1. The molecule has 1 amide bonds. The SMILES string of the molecule is CC(Sc1ccc([N+](=O)[O-])cc1)C(=O)N(C1CCS(=O)(=O)C1)N(C)C. The number of hydrogen-bond donors (Lipinski definition) is 0. The first kappa shape index (κ1) is 19.7. The number of benzene rings is 1. The maximum absolute atomic E-state index is 12.8. The number of carbonyl (C=O) groups is 1. The van der Waals surface area contributed by atoms with E-state index in [4.69, 9.17) is 0 Å². The Morgan fingerprint density at radius 1 is 1.32 bits per heavy atom. The van der Waals surface area contributed by atoms with Crippen LogP contribution in [0.4, 0.5) is 5.69 Å². The smallest absolute Gasteiger partial charge is 0.269 e. The number of nitrogens with zero attached hydrogens (tertiary/aromatic N) is 3. The summed E-state index contributed by atoms with van der Waals surface area (Å²) in [6.07, 6.45) is 0.432. The van der Waals surface area contributed by atoms with Gasteiger partial charge in [-0.15, -0.1) is 11.8 Å². The molecular weight excluding hydrogens is 366 g/mol. The van der Waals surface area contributed by atoms with Crippen LogP contribution in [0.25, 0.3) is 0 Å². The van der Waals surface area contributed by atoms with Crippen LogP contribution in [0.5, 0.6) is 0 Å². The van der Waals surface area contributed by atoms with E-state index >= 15 is 0 Å². The van der Waals surface area contributed by atoms with Crippen molar-refractivity contribution in [3.63, 3.8) is 0 Å². The van der Waals surface area contributed by atoms with Gasteiger partial charge in [-0.2, -0.15) is 0 Å². The summed E-state index contributed by atoms with van der Waals surface area (Å²) in [6, 6.07) is 5.64. The number of amides is 1. The van der Waals surface area contributed by atoms with Crippen LogP contribution in [0.1, 0.15) is 13.3 Å². The molecule has 1 aromatic rings. The zero-order chi connectivity index (χ0) is 18.8. The molecule has 2 atom stereocenters. The van der Waals surface area contributed by atoms with E-state index in [1.165, 1.54) is 28.9 Å². The molecule has 1 aliphatic heterocycles. The topological polar surface area (TPSA) is 101 Å². The third kappa shape index (κ3) is 4.93. The molecule has 0 radical (unpaired) electrons. The Bertz CT molecular complexity index is 749. The van der Waals surface area contributed by atoms with Crippen molar-refractivity contribution in [2.24, 2.45) is 0 Å². The van der Waals surface area contributed by atoms with E-state index in [0.29, 0.717) is 6.42 Å². The zero-order valence-corrected chi connectivity index (χ0v) is 15.9. The van der Waals surface area contributed by atoms with E-state index < -0.39 is 20.0 Å². The minimum Gasteiger partial charge on any atom is -0.272 e. The Labute approximate surface area is 151 Å². The second kappa shape index (κ2) is 7.71. The van der Waals surface area contributed by atoms with Crippen LogP contribution in [0.15, 0.2) is 29.2 Å². The fourth-order valence-electron chi connectivity index (χ4n) is 2.76. The second-order valence-corrected chi connectivity index (χ2v) is 9.74. The molecule has 0 aromatic heterocycles. The molecule has 1 aliphatic rings. The van der Waals surface area contributed by atoms with E-state index in [-0.39, 0.29) is 29.1 Å². The first-order valence-electron chi connectivity index (χ1n) is 7.72. The Balaban J connectivity index is 2.09. The van der Waals surface area contributed by atoms with Gasteiger partial charge >= 0.3 is 0 Å². The lowest BCUT2D eigenvalue weighted by atomic mass is 10.2. The average molecular weight is 387 g/mol. The molecule has 0 spiro atoms. The van der Waals surface area contributed by atoms with Gasteiger partial charge in [-0.1, -0.05) is 0 Å². The molecule has 2 unspecified atom stereocenters. The standard InChI is InChI=1S/C15H21N3O5S2/c1-11(24-14-6-4-12(5-7-14)18(20)21)15(19)17(16(2)3)13-8-9-25(22,23)10-13/h4-7,11,13H,8-10H2,1-3H3. The third-order valence-electron chi connectivity index (χ3n) is 3.92. The van der Waals surface area contributed by atoms with E-state index in [1.807, 2.05) is 0 Å². The second-order valence-electron chi connectivity index (χ2n) is 6.10. The predicted octanol–water partition coefficient (Wildman–Crippen LogP) is 1.57. The Morgan fingerprint density at radius 2 is 1.92 bits per heavy atom. The van der Waals surface area contributed by atoms with E-state index in [9.17, 15) is 23.3 Å². The molecule has 1 heterocycles. The average Bonchev–Trinajstić information content (AvgIpc) is 2.87. The Hall–Kier alpha value is -1.65. The van der Waals surface area contributed by atoms with Crippen molar-refractivity contribution in [3.8, 4) is 0 Å². The summed E-state index contributed by atoms with van der Waals surface area (Å²) in [5.41, 5.74) is -0.00518. The lowest BCUT2D eigenvalue weighted by Gasteiger charge is -2.35. The highest BCUT2D eigenvalue weighted by Crippen LogP contribution is 2.28. The monoisotopic (exact) mass is 387 g/mol. The molecule has 1 fully saturated rings. The molecule has 1 saturated heterocycles. The van der Waals surface area contributed by atoms with Gasteiger partial charge in [0.15, 0.2) is 9.84 Å². The number of rotatable bonds is 6. The fraction of sp³-hybridized carbons (Fsp3) is 0.533. The van der Waals surface area contributed by atoms with Gasteiger partial charge in [0.05, 0.1) is 27.7 Å². The molecule has 0 bridgehead atoms. The molecule has 0 aliphatic carbocycles. The van der Waals surface area contributed by atoms with E-state index in [0.717, 1.165) is 4.90 Å². The summed E-state index contributed by atoms with van der Waals surface area (Å²) < 4.78 is 23.4. The van der Waals surface area contributed by atoms with Crippen LogP contribution >= 0.6 is 11.8 Å². The largest absolute Gasteiger partial charge is 0.272 e. The summed E-state index contributed by atoms with van der Waals surface area (Å²) in [6.45, 7) is 1.74. The van der Waals surface area contributed by atoms with Gasteiger partial charge in [-0.25, -0.2) is 13.4 Å². The van der Waals surface area contributed by atoms with Crippen LogP contribution in [0, 0.1) is 10.1 Å². The van der Waals surface area contributed by atoms with Crippen LogP contribution in [0.3, 0.4) is 0 Å². The number of sulfone groups is 1. The molecule has 0 N–H and O–H groups in total. The Kier molecular flexibility index (Phi) is 6.07. The maximum Gasteiger partial charge on any atom is 0.269 e. The fourth-order valence-corrected chi connectivity index (χ4v) is 5.36. The summed E-state index contributed by atoms with van der Waals surface area (Å²) in [5.74, 6) is -0.110. The highest BCUT2D eigenvalue weighted by Gasteiger charge is 2.37. The molecule has 138 valence electrons. The zero-order valence-electron chi connectivity index (χ0n) is 14.3. The third-order valence-corrected chi connectivity index (χ3v) is 6.77. The van der Waals surface area contributed by atoms with Crippen molar-refractivity contribution < 1.29 is 18.1 Å². The number of hydrogen-bond acceptors (Lipinski definition) is 7. The van der Waals surface area contributed by atoms with Gasteiger partial charge in [0, 0.05) is 31.1 Å². The number of hydrazine groups is 1. The van der Waals surface area contributed by atoms with Gasteiger partial charge in [0.2, 0.25) is 5.91 Å². The van der Waals surface area contributed by atoms with Crippen molar-refractivity contribution in [2.45, 2.75) is 29.5 Å². The van der Waals surface area contributed by atoms with Gasteiger partial charge in [-0.3, -0.25) is 19.9 Å². The highest BCUT2D eigenvalue weighted by molar-refractivity contribution is 8.00. The summed E-state index contributed by atoms with van der Waals surface area (Å²) in [4.78, 5) is 23.8. The van der Waals surface area contributed by atoms with E-state index in [1.54, 1.807) is 38.2 Å². The molecule has 1 aromatic carbocycles. The molecule has 25 heavy (non-hydrogen) atoms. The number of carbonyl (C=O) groups excluding carboxylic acids is 1. The van der Waals surface area contributed by atoms with Crippen molar-refractivity contribution in [2.75, 3.05) is 25.6 Å². The summed E-state index contributed by atoms with van der Waals surface area (Å²) in [5, 5.41) is 13.4. The van der Waals surface area contributed by atoms with Gasteiger partial charge in [-0.05, 0) is 25.5 Å². The minimum atomic E-state index is -3.10. The summed E-state index contributed by atoms with van der Waals surface area (Å²) in [7, 11) is 0.333. The maximum atomic E-state index is 12.8. The van der Waals surface area contributed by atoms with Gasteiger partial charge < -0.3 is 0 Å². The Morgan fingerprint density at radius 3 is 2.36 bits per heavy atom. The molecule has 2 rings (SSSR count). The first-order chi connectivity index (χ1) is 11.6. The van der Waals surface area contributed by atoms with Crippen molar-refractivity contribution in [1.29, 1.82) is 0 Å². The highest BCUT2D eigenvalue weighted by atomic mass is 32.2. The summed E-state index contributed by atoms with van der Waals surface area (Å²) >= 11 is 1.29. The quantitative estimate of drug-likeness (QED) is 0.415. The minimum absolute atomic E-state index is 0.00518. The number of nitro groups is 1. The van der Waals surface area contributed by atoms with Crippen molar-refractivity contribution in [1.82, 2.24) is 10.0 Å². The molecule has 8 nitrogen and oxygen atoms in total. The van der Waals surface area contributed by atoms with Crippen LogP contribution in [0.2, 0.25) is 0 Å². The lowest BCUT2D eigenvalue weighted by Crippen LogP contribution is -2.51. The van der Waals surface area contributed by atoms with Gasteiger partial charge in [0.1, 0.15) is 0 Å². The van der Waals surface area contributed by atoms with Crippen molar-refractivity contribution in [3.05, 3.63) is 34.4 Å². The lowest BCUT2D eigenvalue weighted by molar-refractivity contribution is -0.384. The van der Waals surface area contributed by atoms with Crippen LogP contribution in [-0.4, -0.2) is 66.2 Å². The number of non-ortho nitro benzene ring substituents is 1. The molecular formula is C15H21N3O5S2. The van der Waals surface area contributed by atoms with Crippen LogP contribution in [-0.2, 0) is 14.6 Å². The first-order valence-corrected chi connectivity index (χ1v) is 10.4. The number of nitro benzene ring substituents is 1. The van der Waals surface area contributed by atoms with E-state index in [2.05, 4.69) is 0 Å². The van der Waals surface area contributed by atoms with Gasteiger partial charge in [0.25, 0.3) is 5.69 Å². The normalized spacial score (nSPS) is 20.4.